The predicted molar refractivity (Wildman–Crippen MR) is 150 cm³/mol. The Bertz CT molecular complexity index is 1600. The average molecular weight is 610 g/mol. The molecule has 0 spiro atoms. The number of carbonyl (C=O) groups excluding carboxylic acids is 1. The normalized spacial score (nSPS) is 14.1. The zero-order valence-corrected chi connectivity index (χ0v) is 23.1. The van der Waals surface area contributed by atoms with E-state index in [2.05, 4.69) is 19.9 Å². The van der Waals surface area contributed by atoms with E-state index in [4.69, 9.17) is 34.8 Å². The first-order chi connectivity index (χ1) is 19.1. The number of hydrogen-bond donors (Lipinski definition) is 1. The maximum absolute atomic E-state index is 13.4. The van der Waals surface area contributed by atoms with Crippen molar-refractivity contribution in [2.45, 2.75) is 25.9 Å². The van der Waals surface area contributed by atoms with Gasteiger partial charge in [-0.15, -0.1) is 13.2 Å². The summed E-state index contributed by atoms with van der Waals surface area (Å²) < 4.78 is 44.4. The highest BCUT2D eigenvalue weighted by Gasteiger charge is 2.32. The van der Waals surface area contributed by atoms with Crippen LogP contribution in [0, 0.1) is 0 Å². The fourth-order valence-electron chi connectivity index (χ4n) is 4.75. The number of halogens is 6. The van der Waals surface area contributed by atoms with Crippen molar-refractivity contribution in [1.82, 2.24) is 19.8 Å². The number of benzene rings is 2. The second-order valence-corrected chi connectivity index (χ2v) is 10.4. The molecule has 0 aliphatic carbocycles. The summed E-state index contributed by atoms with van der Waals surface area (Å²) in [4.78, 5) is 19.5. The summed E-state index contributed by atoms with van der Waals surface area (Å²) in [6.07, 6.45) is 1.09. The molecular formula is C28H22Cl3F3N4O2. The van der Waals surface area contributed by atoms with Crippen LogP contribution in [-0.2, 0) is 19.5 Å². The topological polar surface area (TPSA) is 59.4 Å². The Balaban J connectivity index is 1.42. The first kappa shape index (κ1) is 28.3. The summed E-state index contributed by atoms with van der Waals surface area (Å²) in [5.74, 6) is -0.399. The average Bonchev–Trinajstić information content (AvgIpc) is 3.20. The van der Waals surface area contributed by atoms with Gasteiger partial charge >= 0.3 is 12.4 Å². The minimum atomic E-state index is -4.86. The van der Waals surface area contributed by atoms with Gasteiger partial charge in [0.15, 0.2) is 0 Å². The van der Waals surface area contributed by atoms with Crippen molar-refractivity contribution in [1.29, 1.82) is 0 Å². The molecule has 0 radical (unpaired) electrons. The Morgan fingerprint density at radius 1 is 1.10 bits per heavy atom. The number of hydrogen-bond acceptors (Lipinski definition) is 4. The van der Waals surface area contributed by atoms with Crippen LogP contribution in [0.4, 0.5) is 18.0 Å². The van der Waals surface area contributed by atoms with E-state index >= 15 is 0 Å². The molecule has 0 bridgehead atoms. The van der Waals surface area contributed by atoms with E-state index in [9.17, 15) is 18.0 Å². The van der Waals surface area contributed by atoms with E-state index in [0.29, 0.717) is 47.0 Å². The Morgan fingerprint density at radius 3 is 2.67 bits per heavy atom. The minimum absolute atomic E-state index is 0.165. The van der Waals surface area contributed by atoms with E-state index in [-0.39, 0.29) is 11.7 Å². The van der Waals surface area contributed by atoms with E-state index in [1.807, 2.05) is 18.2 Å². The van der Waals surface area contributed by atoms with Gasteiger partial charge in [0.1, 0.15) is 10.9 Å². The van der Waals surface area contributed by atoms with E-state index in [1.54, 1.807) is 30.3 Å². The Morgan fingerprint density at radius 2 is 1.93 bits per heavy atom. The lowest BCUT2D eigenvalue weighted by molar-refractivity contribution is -0.274. The van der Waals surface area contributed by atoms with Gasteiger partial charge in [-0.05, 0) is 53.1 Å². The summed E-state index contributed by atoms with van der Waals surface area (Å²) in [6, 6.07) is 12.2. The number of alkyl halides is 3. The van der Waals surface area contributed by atoms with Gasteiger partial charge in [-0.1, -0.05) is 53.0 Å². The lowest BCUT2D eigenvalue weighted by Gasteiger charge is -2.27. The number of nitrogens with zero attached hydrogens (tertiary/aromatic N) is 3. The first-order valence-electron chi connectivity index (χ1n) is 12.2. The van der Waals surface area contributed by atoms with Crippen LogP contribution in [0.15, 0.2) is 60.8 Å². The summed E-state index contributed by atoms with van der Waals surface area (Å²) >= 11 is 18.2. The summed E-state index contributed by atoms with van der Waals surface area (Å²) in [6.45, 7) is 1.92. The lowest BCUT2D eigenvalue weighted by Crippen LogP contribution is -2.34. The van der Waals surface area contributed by atoms with E-state index in [1.165, 1.54) is 22.9 Å². The zero-order chi connectivity index (χ0) is 28.4. The van der Waals surface area contributed by atoms with Gasteiger partial charge in [0.25, 0.3) is 0 Å². The Labute approximate surface area is 242 Å². The van der Waals surface area contributed by atoms with Crippen molar-refractivity contribution in [3.8, 4) is 5.75 Å². The quantitative estimate of drug-likeness (QED) is 0.227. The van der Waals surface area contributed by atoms with Gasteiger partial charge in [-0.3, -0.25) is 9.47 Å². The van der Waals surface area contributed by atoms with Crippen LogP contribution in [-0.4, -0.2) is 39.9 Å². The van der Waals surface area contributed by atoms with Crippen LogP contribution in [0.25, 0.3) is 17.0 Å². The van der Waals surface area contributed by atoms with Gasteiger partial charge in [-0.25, -0.2) is 9.78 Å². The van der Waals surface area contributed by atoms with Gasteiger partial charge in [0, 0.05) is 66.0 Å². The van der Waals surface area contributed by atoms with Gasteiger partial charge in [0.05, 0.1) is 5.52 Å². The Kier molecular flexibility index (Phi) is 8.28. The molecule has 2 aromatic carbocycles. The molecule has 4 aromatic rings. The largest absolute Gasteiger partial charge is 0.573 e. The number of aromatic nitrogens is 2. The van der Waals surface area contributed by atoms with Crippen LogP contribution >= 0.6 is 34.8 Å². The predicted octanol–water partition coefficient (Wildman–Crippen LogP) is 7.72. The third kappa shape index (κ3) is 6.55. The minimum Gasteiger partial charge on any atom is -0.406 e. The molecule has 5 rings (SSSR count). The number of amides is 1. The summed E-state index contributed by atoms with van der Waals surface area (Å²) in [7, 11) is 0. The maximum Gasteiger partial charge on any atom is 0.573 e. The molecule has 0 unspecified atom stereocenters. The summed E-state index contributed by atoms with van der Waals surface area (Å²) in [5, 5.41) is 4.91. The standard InChI is InChI=1S/C28H22Cl3F3N4O2/c29-19-4-3-18(23(30)13-19)2-1-10-37-11-8-24-22(16-37)21-6-5-20(40-28(32,33)34)14-25(21)38(24)27(39)36-15-17-7-9-35-26(31)12-17/h1-7,9,12-14H,8,10-11,15-16H2,(H,36,39)/b2-1+. The molecule has 1 amide bonds. The highest BCUT2D eigenvalue weighted by molar-refractivity contribution is 6.35. The third-order valence-corrected chi connectivity index (χ3v) is 7.26. The van der Waals surface area contributed by atoms with E-state index < -0.39 is 18.1 Å². The molecule has 12 heteroatoms. The number of nitrogens with one attached hydrogen (secondary N) is 1. The number of pyridine rings is 1. The highest BCUT2D eigenvalue weighted by Crippen LogP contribution is 2.34. The molecule has 1 aliphatic rings. The van der Waals surface area contributed by atoms with Crippen LogP contribution in [0.2, 0.25) is 15.2 Å². The summed E-state index contributed by atoms with van der Waals surface area (Å²) in [5.41, 5.74) is 3.52. The third-order valence-electron chi connectivity index (χ3n) is 6.49. The molecule has 208 valence electrons. The molecule has 0 fully saturated rings. The molecule has 0 atom stereocenters. The highest BCUT2D eigenvalue weighted by atomic mass is 35.5. The van der Waals surface area contributed by atoms with Crippen LogP contribution in [0.3, 0.4) is 0 Å². The van der Waals surface area contributed by atoms with Crippen LogP contribution in [0.5, 0.6) is 5.75 Å². The molecule has 0 saturated heterocycles. The van der Waals surface area contributed by atoms with Crippen LogP contribution < -0.4 is 10.1 Å². The molecule has 1 aliphatic heterocycles. The van der Waals surface area contributed by atoms with Crippen LogP contribution in [0.1, 0.15) is 22.4 Å². The van der Waals surface area contributed by atoms with Crippen molar-refractivity contribution in [3.05, 3.63) is 98.4 Å². The van der Waals surface area contributed by atoms with Crippen molar-refractivity contribution in [2.75, 3.05) is 13.1 Å². The van der Waals surface area contributed by atoms with Gasteiger partial charge < -0.3 is 10.1 Å². The molecule has 3 heterocycles. The first-order valence-corrected chi connectivity index (χ1v) is 13.4. The fourth-order valence-corrected chi connectivity index (χ4v) is 5.42. The van der Waals surface area contributed by atoms with Crippen molar-refractivity contribution in [3.63, 3.8) is 0 Å². The number of rotatable bonds is 6. The van der Waals surface area contributed by atoms with Crippen molar-refractivity contribution >= 4 is 57.8 Å². The number of ether oxygens (including phenoxy) is 1. The SMILES string of the molecule is O=C(NCc1ccnc(Cl)c1)n1c2c(c3ccc(OC(F)(F)F)cc31)CN(C/C=C/c1ccc(Cl)cc1Cl)CC2. The molecule has 40 heavy (non-hydrogen) atoms. The molecule has 6 nitrogen and oxygen atoms in total. The maximum atomic E-state index is 13.4. The molecule has 1 N–H and O–H groups in total. The van der Waals surface area contributed by atoms with Gasteiger partial charge in [-0.2, -0.15) is 0 Å². The monoisotopic (exact) mass is 608 g/mol. The second-order valence-electron chi connectivity index (χ2n) is 9.19. The van der Waals surface area contributed by atoms with Crippen molar-refractivity contribution in [2.24, 2.45) is 0 Å². The number of carbonyl (C=O) groups is 1. The fraction of sp³-hybridized carbons (Fsp3) is 0.214. The van der Waals surface area contributed by atoms with Gasteiger partial charge in [0.2, 0.25) is 0 Å². The molecular weight excluding hydrogens is 588 g/mol. The Hall–Kier alpha value is -3.24. The van der Waals surface area contributed by atoms with E-state index in [0.717, 1.165) is 22.4 Å². The second kappa shape index (κ2) is 11.7. The lowest BCUT2D eigenvalue weighted by atomic mass is 10.0. The van der Waals surface area contributed by atoms with Crippen molar-refractivity contribution < 1.29 is 22.7 Å². The number of fused-ring (bicyclic) bond motifs is 3. The molecule has 2 aromatic heterocycles. The molecule has 0 saturated carbocycles. The smallest absolute Gasteiger partial charge is 0.406 e. The zero-order valence-electron chi connectivity index (χ0n) is 20.8.